The Balaban J connectivity index is 2.02. The third-order valence-corrected chi connectivity index (χ3v) is 2.95. The molecule has 16 heavy (non-hydrogen) atoms. The van der Waals surface area contributed by atoms with Crippen molar-refractivity contribution in [3.05, 3.63) is 24.3 Å². The zero-order chi connectivity index (χ0) is 11.5. The maximum Gasteiger partial charge on any atom is 0.322 e. The molecule has 4 heteroatoms. The van der Waals surface area contributed by atoms with E-state index in [1.807, 2.05) is 17.0 Å². The van der Waals surface area contributed by atoms with Crippen molar-refractivity contribution in [1.82, 2.24) is 4.90 Å². The monoisotopic (exact) mass is 219 g/mol. The molecular formula is C12H17N3O. The maximum absolute atomic E-state index is 11.9. The molecule has 1 aromatic carbocycles. The SMILES string of the molecule is CC1CCCN1C(=O)Nc1cccc(N)c1. The molecule has 1 heterocycles. The highest BCUT2D eigenvalue weighted by atomic mass is 16.2. The smallest absolute Gasteiger partial charge is 0.322 e. The lowest BCUT2D eigenvalue weighted by Crippen LogP contribution is -2.37. The Bertz CT molecular complexity index is 392. The Kier molecular flexibility index (Phi) is 2.99. The molecule has 0 spiro atoms. The largest absolute Gasteiger partial charge is 0.399 e. The van der Waals surface area contributed by atoms with Crippen LogP contribution in [-0.2, 0) is 0 Å². The van der Waals surface area contributed by atoms with E-state index in [1.54, 1.807) is 12.1 Å². The van der Waals surface area contributed by atoms with E-state index < -0.39 is 0 Å². The first-order valence-electron chi connectivity index (χ1n) is 5.60. The van der Waals surface area contributed by atoms with Crippen LogP contribution in [0.1, 0.15) is 19.8 Å². The van der Waals surface area contributed by atoms with Crippen molar-refractivity contribution in [2.75, 3.05) is 17.6 Å². The molecule has 1 aliphatic rings. The number of carbonyl (C=O) groups is 1. The fraction of sp³-hybridized carbons (Fsp3) is 0.417. The molecule has 0 radical (unpaired) electrons. The fourth-order valence-electron chi connectivity index (χ4n) is 2.05. The average molecular weight is 219 g/mol. The number of anilines is 2. The van der Waals surface area contributed by atoms with Crippen LogP contribution in [0.3, 0.4) is 0 Å². The maximum atomic E-state index is 11.9. The van der Waals surface area contributed by atoms with Crippen LogP contribution in [0.5, 0.6) is 0 Å². The minimum Gasteiger partial charge on any atom is -0.399 e. The van der Waals surface area contributed by atoms with Crippen molar-refractivity contribution in [2.45, 2.75) is 25.8 Å². The number of likely N-dealkylation sites (tertiary alicyclic amines) is 1. The van der Waals surface area contributed by atoms with Crippen LogP contribution in [0.4, 0.5) is 16.2 Å². The highest BCUT2D eigenvalue weighted by Gasteiger charge is 2.24. The molecule has 3 N–H and O–H groups in total. The number of nitrogens with zero attached hydrogens (tertiary/aromatic N) is 1. The molecule has 1 atom stereocenters. The number of amides is 2. The Morgan fingerprint density at radius 3 is 3.00 bits per heavy atom. The van der Waals surface area contributed by atoms with Gasteiger partial charge >= 0.3 is 6.03 Å². The standard InChI is InChI=1S/C12H17N3O/c1-9-4-3-7-15(9)12(16)14-11-6-2-5-10(13)8-11/h2,5-6,8-9H,3-4,7,13H2,1H3,(H,14,16). The predicted molar refractivity (Wildman–Crippen MR) is 65.3 cm³/mol. The zero-order valence-electron chi connectivity index (χ0n) is 9.44. The van der Waals surface area contributed by atoms with E-state index in [0.29, 0.717) is 11.7 Å². The molecule has 0 bridgehead atoms. The lowest BCUT2D eigenvalue weighted by molar-refractivity contribution is 0.210. The predicted octanol–water partition coefficient (Wildman–Crippen LogP) is 2.29. The summed E-state index contributed by atoms with van der Waals surface area (Å²) >= 11 is 0. The molecule has 86 valence electrons. The summed E-state index contributed by atoms with van der Waals surface area (Å²) < 4.78 is 0. The van der Waals surface area contributed by atoms with Gasteiger partial charge in [-0.15, -0.1) is 0 Å². The van der Waals surface area contributed by atoms with Crippen LogP contribution in [0.15, 0.2) is 24.3 Å². The summed E-state index contributed by atoms with van der Waals surface area (Å²) in [5.41, 5.74) is 7.06. The van der Waals surface area contributed by atoms with Crippen LogP contribution in [0.25, 0.3) is 0 Å². The van der Waals surface area contributed by atoms with Gasteiger partial charge in [0.1, 0.15) is 0 Å². The number of carbonyl (C=O) groups excluding carboxylic acids is 1. The lowest BCUT2D eigenvalue weighted by atomic mass is 10.2. The summed E-state index contributed by atoms with van der Waals surface area (Å²) in [4.78, 5) is 13.8. The van der Waals surface area contributed by atoms with Crippen molar-refractivity contribution >= 4 is 17.4 Å². The van der Waals surface area contributed by atoms with Gasteiger partial charge in [0.15, 0.2) is 0 Å². The highest BCUT2D eigenvalue weighted by Crippen LogP contribution is 2.19. The van der Waals surface area contributed by atoms with E-state index >= 15 is 0 Å². The number of benzene rings is 1. The minimum atomic E-state index is -0.0319. The van der Waals surface area contributed by atoms with Gasteiger partial charge in [0.05, 0.1) is 0 Å². The van der Waals surface area contributed by atoms with Crippen LogP contribution in [0.2, 0.25) is 0 Å². The average Bonchev–Trinajstić information content (AvgIpc) is 2.64. The first kappa shape index (κ1) is 10.8. The second-order valence-corrected chi connectivity index (χ2v) is 4.24. The van der Waals surface area contributed by atoms with E-state index in [-0.39, 0.29) is 6.03 Å². The molecule has 1 fully saturated rings. The van der Waals surface area contributed by atoms with Crippen molar-refractivity contribution < 1.29 is 4.79 Å². The van der Waals surface area contributed by atoms with Gasteiger partial charge in [-0.1, -0.05) is 6.07 Å². The molecule has 2 rings (SSSR count). The summed E-state index contributed by atoms with van der Waals surface area (Å²) in [5, 5.41) is 2.86. The van der Waals surface area contributed by atoms with Gasteiger partial charge in [-0.05, 0) is 38.0 Å². The minimum absolute atomic E-state index is 0.0319. The van der Waals surface area contributed by atoms with Gasteiger partial charge in [0.2, 0.25) is 0 Å². The van der Waals surface area contributed by atoms with Gasteiger partial charge in [0, 0.05) is 24.0 Å². The zero-order valence-corrected chi connectivity index (χ0v) is 9.44. The number of nitrogens with two attached hydrogens (primary N) is 1. The first-order chi connectivity index (χ1) is 7.66. The van der Waals surface area contributed by atoms with Crippen molar-refractivity contribution in [2.24, 2.45) is 0 Å². The topological polar surface area (TPSA) is 58.4 Å². The Morgan fingerprint density at radius 2 is 2.38 bits per heavy atom. The highest BCUT2D eigenvalue weighted by molar-refractivity contribution is 5.90. The summed E-state index contributed by atoms with van der Waals surface area (Å²) in [6.07, 6.45) is 2.18. The van der Waals surface area contributed by atoms with Crippen LogP contribution < -0.4 is 11.1 Å². The quantitative estimate of drug-likeness (QED) is 0.712. The molecular weight excluding hydrogens is 202 g/mol. The molecule has 2 amide bonds. The fourth-order valence-corrected chi connectivity index (χ4v) is 2.05. The molecule has 1 aromatic rings. The second kappa shape index (κ2) is 4.43. The van der Waals surface area contributed by atoms with E-state index in [4.69, 9.17) is 5.73 Å². The number of rotatable bonds is 1. The Hall–Kier alpha value is -1.71. The number of nitrogen functional groups attached to an aromatic ring is 1. The third-order valence-electron chi connectivity index (χ3n) is 2.95. The van der Waals surface area contributed by atoms with Gasteiger partial charge in [-0.3, -0.25) is 0 Å². The number of urea groups is 1. The van der Waals surface area contributed by atoms with Gasteiger partial charge < -0.3 is 16.0 Å². The third kappa shape index (κ3) is 2.27. The van der Waals surface area contributed by atoms with Crippen LogP contribution >= 0.6 is 0 Å². The summed E-state index contributed by atoms with van der Waals surface area (Å²) in [6, 6.07) is 7.54. The van der Waals surface area contributed by atoms with E-state index in [2.05, 4.69) is 12.2 Å². The number of hydrogen-bond acceptors (Lipinski definition) is 2. The molecule has 4 nitrogen and oxygen atoms in total. The molecule has 1 saturated heterocycles. The second-order valence-electron chi connectivity index (χ2n) is 4.24. The molecule has 0 aromatic heterocycles. The summed E-state index contributed by atoms with van der Waals surface area (Å²) in [6.45, 7) is 2.92. The van der Waals surface area contributed by atoms with Crippen LogP contribution in [0, 0.1) is 0 Å². The normalized spacial score (nSPS) is 19.8. The van der Waals surface area contributed by atoms with E-state index in [9.17, 15) is 4.79 Å². The van der Waals surface area contributed by atoms with Crippen LogP contribution in [-0.4, -0.2) is 23.5 Å². The van der Waals surface area contributed by atoms with Crippen molar-refractivity contribution in [3.8, 4) is 0 Å². The lowest BCUT2D eigenvalue weighted by Gasteiger charge is -2.21. The molecule has 0 saturated carbocycles. The first-order valence-corrected chi connectivity index (χ1v) is 5.60. The van der Waals surface area contributed by atoms with Gasteiger partial charge in [-0.2, -0.15) is 0 Å². The summed E-state index contributed by atoms with van der Waals surface area (Å²) in [7, 11) is 0. The van der Waals surface area contributed by atoms with Gasteiger partial charge in [0.25, 0.3) is 0 Å². The van der Waals surface area contributed by atoms with E-state index in [1.165, 1.54) is 0 Å². The Labute approximate surface area is 95.4 Å². The van der Waals surface area contributed by atoms with Crippen molar-refractivity contribution in [1.29, 1.82) is 0 Å². The number of hydrogen-bond donors (Lipinski definition) is 2. The molecule has 0 aliphatic carbocycles. The van der Waals surface area contributed by atoms with E-state index in [0.717, 1.165) is 25.1 Å². The van der Waals surface area contributed by atoms with Gasteiger partial charge in [-0.25, -0.2) is 4.79 Å². The summed E-state index contributed by atoms with van der Waals surface area (Å²) in [5.74, 6) is 0. The Morgan fingerprint density at radius 1 is 1.56 bits per heavy atom. The molecule has 1 unspecified atom stereocenters. The van der Waals surface area contributed by atoms with Crippen molar-refractivity contribution in [3.63, 3.8) is 0 Å². The molecule has 1 aliphatic heterocycles. The number of nitrogens with one attached hydrogen (secondary N) is 1.